The maximum Gasteiger partial charge on any atom is 0.0895 e. The number of aliphatic imine (C=N–C) groups is 2. The maximum atomic E-state index is 3.84. The number of rotatable bonds is 3. The van der Waals surface area contributed by atoms with Crippen LogP contribution in [0, 0.1) is 0 Å². The third-order valence-corrected chi connectivity index (χ3v) is 0.649. The average molecular weight is 161 g/mol. The summed E-state index contributed by atoms with van der Waals surface area (Å²) in [5.74, 6) is 0. The zero-order valence-corrected chi connectivity index (χ0v) is 7.24. The third kappa shape index (κ3) is 10.4. The van der Waals surface area contributed by atoms with Crippen LogP contribution in [0.2, 0.25) is 0 Å². The Morgan fingerprint density at radius 3 is 2.50 bits per heavy atom. The minimum atomic E-state index is 0. The second kappa shape index (κ2) is 8.41. The van der Waals surface area contributed by atoms with Crippen LogP contribution in [0.1, 0.15) is 13.8 Å². The Hall–Kier alpha value is -0.590. The molecular formula is C7H13ClN2. The van der Waals surface area contributed by atoms with Gasteiger partial charge in [-0.25, -0.2) is 9.98 Å². The van der Waals surface area contributed by atoms with Gasteiger partial charge in [-0.1, -0.05) is 12.2 Å². The molecule has 0 rings (SSSR count). The van der Waals surface area contributed by atoms with E-state index >= 15 is 0 Å². The van der Waals surface area contributed by atoms with E-state index in [2.05, 4.69) is 22.6 Å². The first kappa shape index (κ1) is 12.1. The molecule has 2 nitrogen and oxygen atoms in total. The van der Waals surface area contributed by atoms with Crippen molar-refractivity contribution in [3.63, 3.8) is 0 Å². The predicted octanol–water partition coefficient (Wildman–Crippen LogP) is 2.18. The summed E-state index contributed by atoms with van der Waals surface area (Å²) >= 11 is 0. The Morgan fingerprint density at radius 2 is 2.10 bits per heavy atom. The van der Waals surface area contributed by atoms with Gasteiger partial charge in [-0.05, 0) is 13.8 Å². The van der Waals surface area contributed by atoms with Crippen LogP contribution in [0.25, 0.3) is 0 Å². The second-order valence-electron chi connectivity index (χ2n) is 1.85. The summed E-state index contributed by atoms with van der Waals surface area (Å²) in [6, 6.07) is 2.56. The van der Waals surface area contributed by atoms with Gasteiger partial charge in [0.05, 0.1) is 12.6 Å². The topological polar surface area (TPSA) is 24.7 Å². The van der Waals surface area contributed by atoms with Crippen LogP contribution >= 0.6 is 12.4 Å². The molecule has 0 saturated heterocycles. The molecule has 0 aromatic heterocycles. The van der Waals surface area contributed by atoms with Crippen molar-refractivity contribution in [3.8, 4) is 0 Å². The van der Waals surface area contributed by atoms with Crippen LogP contribution in [0.4, 0.5) is 0 Å². The van der Waals surface area contributed by atoms with Crippen LogP contribution in [-0.4, -0.2) is 19.1 Å². The molecule has 0 aromatic carbocycles. The minimum absolute atomic E-state index is 0. The molecule has 58 valence electrons. The lowest BCUT2D eigenvalue weighted by molar-refractivity contribution is 1.11. The summed E-state index contributed by atoms with van der Waals surface area (Å²) in [5.41, 5.74) is 1.04. The monoisotopic (exact) mass is 160 g/mol. The molecule has 0 radical (unpaired) electrons. The highest BCUT2D eigenvalue weighted by Crippen LogP contribution is 1.83. The van der Waals surface area contributed by atoms with Crippen LogP contribution < -0.4 is 0 Å². The summed E-state index contributed by atoms with van der Waals surface area (Å²) in [7, 11) is 0. The van der Waals surface area contributed by atoms with E-state index in [-0.39, 0.29) is 12.4 Å². The van der Waals surface area contributed by atoms with E-state index < -0.39 is 0 Å². The largest absolute Gasteiger partial charge is 0.226 e. The number of halogens is 1. The summed E-state index contributed by atoms with van der Waals surface area (Å²) in [4.78, 5) is 7.63. The zero-order valence-electron chi connectivity index (χ0n) is 6.42. The van der Waals surface area contributed by atoms with E-state index in [9.17, 15) is 0 Å². The van der Waals surface area contributed by atoms with Crippen molar-refractivity contribution < 1.29 is 0 Å². The van der Waals surface area contributed by atoms with Gasteiger partial charge < -0.3 is 0 Å². The first-order valence-corrected chi connectivity index (χ1v) is 2.99. The van der Waals surface area contributed by atoms with Crippen molar-refractivity contribution in [2.45, 2.75) is 13.8 Å². The van der Waals surface area contributed by atoms with Gasteiger partial charge >= 0.3 is 0 Å². The molecule has 10 heavy (non-hydrogen) atoms. The van der Waals surface area contributed by atoms with E-state index in [1.807, 2.05) is 13.8 Å². The summed E-state index contributed by atoms with van der Waals surface area (Å²) in [6.07, 6.45) is 0. The van der Waals surface area contributed by atoms with Crippen LogP contribution in [0.5, 0.6) is 0 Å². The maximum absolute atomic E-state index is 3.84. The van der Waals surface area contributed by atoms with Gasteiger partial charge in [0, 0.05) is 6.54 Å². The van der Waals surface area contributed by atoms with Crippen molar-refractivity contribution in [2.24, 2.45) is 9.98 Å². The van der Waals surface area contributed by atoms with Gasteiger partial charge in [-0.3, -0.25) is 0 Å². The van der Waals surface area contributed by atoms with Gasteiger partial charge in [0.1, 0.15) is 0 Å². The molecule has 0 aliphatic heterocycles. The van der Waals surface area contributed by atoms with Crippen LogP contribution in [0.3, 0.4) is 0 Å². The van der Waals surface area contributed by atoms with E-state index in [0.29, 0.717) is 6.54 Å². The molecule has 0 amide bonds. The molecule has 0 unspecified atom stereocenters. The normalized spacial score (nSPS) is 7.00. The van der Waals surface area contributed by atoms with E-state index in [4.69, 9.17) is 0 Å². The quantitative estimate of drug-likeness (QED) is 0.447. The highest BCUT2D eigenvalue weighted by atomic mass is 35.5. The molecular weight excluding hydrogens is 148 g/mol. The van der Waals surface area contributed by atoms with Crippen LogP contribution in [-0.2, 0) is 0 Å². The first-order chi connectivity index (χ1) is 4.27. The fraction of sp³-hybridized carbons (Fsp3) is 0.571. The Balaban J connectivity index is 0. The molecule has 0 aliphatic carbocycles. The predicted molar refractivity (Wildman–Crippen MR) is 47.3 cm³/mol. The molecule has 0 atom stereocenters. The number of hydrogen-bond donors (Lipinski definition) is 0. The molecule has 0 aromatic rings. The molecule has 3 heteroatoms. The number of hydrogen-bond acceptors (Lipinski definition) is 2. The summed E-state index contributed by atoms with van der Waals surface area (Å²) in [6.45, 7) is 8.94. The van der Waals surface area contributed by atoms with Crippen molar-refractivity contribution in [3.05, 3.63) is 12.2 Å². The molecule has 0 N–H and O–H groups in total. The number of nitrogens with zero attached hydrogens (tertiary/aromatic N) is 2. The fourth-order valence-electron chi connectivity index (χ4n) is 0.291. The lowest BCUT2D eigenvalue weighted by Crippen LogP contribution is -1.77. The molecule has 0 aliphatic rings. The Kier molecular flexibility index (Phi) is 10.2. The lowest BCUT2D eigenvalue weighted by atomic mass is 10.4. The van der Waals surface area contributed by atoms with E-state index in [0.717, 1.165) is 12.1 Å². The molecule has 0 fully saturated rings. The van der Waals surface area contributed by atoms with Gasteiger partial charge in [-0.15, -0.1) is 12.4 Å². The van der Waals surface area contributed by atoms with Gasteiger partial charge in [-0.2, -0.15) is 0 Å². The van der Waals surface area contributed by atoms with Crippen molar-refractivity contribution in [1.82, 2.24) is 0 Å². The van der Waals surface area contributed by atoms with Gasteiger partial charge in [0.15, 0.2) is 0 Å². The Morgan fingerprint density at radius 1 is 1.50 bits per heavy atom. The zero-order chi connectivity index (χ0) is 7.11. The van der Waals surface area contributed by atoms with Crippen molar-refractivity contribution >= 4 is 18.4 Å². The SMILES string of the molecule is C=C(C)CN=C=NCC.Cl. The summed E-state index contributed by atoms with van der Waals surface area (Å²) in [5, 5.41) is 0. The Bertz CT molecular complexity index is 146. The molecule has 0 heterocycles. The van der Waals surface area contributed by atoms with Crippen molar-refractivity contribution in [2.75, 3.05) is 13.1 Å². The highest BCUT2D eigenvalue weighted by Gasteiger charge is 1.75. The summed E-state index contributed by atoms with van der Waals surface area (Å²) < 4.78 is 0. The van der Waals surface area contributed by atoms with E-state index in [1.54, 1.807) is 0 Å². The standard InChI is InChI=1S/C7H12N2.ClH/c1-4-8-6-9-5-7(2)3;/h2,4-5H2,1,3H3;1H. The minimum Gasteiger partial charge on any atom is -0.226 e. The lowest BCUT2D eigenvalue weighted by Gasteiger charge is -1.83. The van der Waals surface area contributed by atoms with E-state index in [1.165, 1.54) is 0 Å². The Labute approximate surface area is 68.2 Å². The second-order valence-corrected chi connectivity index (χ2v) is 1.85. The van der Waals surface area contributed by atoms with Crippen molar-refractivity contribution in [1.29, 1.82) is 0 Å². The molecule has 0 bridgehead atoms. The third-order valence-electron chi connectivity index (χ3n) is 0.649. The van der Waals surface area contributed by atoms with Gasteiger partial charge in [0.2, 0.25) is 0 Å². The molecule has 0 spiro atoms. The van der Waals surface area contributed by atoms with Crippen LogP contribution in [0.15, 0.2) is 22.1 Å². The molecule has 0 saturated carbocycles. The van der Waals surface area contributed by atoms with Gasteiger partial charge in [0.25, 0.3) is 0 Å². The first-order valence-electron chi connectivity index (χ1n) is 2.99. The average Bonchev–Trinajstić information content (AvgIpc) is 1.80. The fourth-order valence-corrected chi connectivity index (χ4v) is 0.291. The highest BCUT2D eigenvalue weighted by molar-refractivity contribution is 5.85. The smallest absolute Gasteiger partial charge is 0.0895 e.